The molecule has 1 fully saturated rings. The lowest BCUT2D eigenvalue weighted by molar-refractivity contribution is -0.117. The molecule has 1 atom stereocenters. The van der Waals surface area contributed by atoms with E-state index in [1.165, 1.54) is 24.4 Å². The Balaban J connectivity index is 2.11. The molecule has 1 aromatic heterocycles. The average molecular weight is 306 g/mol. The number of methoxy groups -OCH3 is 1. The maximum absolute atomic E-state index is 11.8. The van der Waals surface area contributed by atoms with Crippen LogP contribution in [-0.2, 0) is 13.8 Å². The van der Waals surface area contributed by atoms with E-state index in [1.54, 1.807) is 0 Å². The highest BCUT2D eigenvalue weighted by Gasteiger charge is 2.34. The van der Waals surface area contributed by atoms with Crippen LogP contribution in [0.25, 0.3) is 0 Å². The van der Waals surface area contributed by atoms with E-state index in [-0.39, 0.29) is 36.5 Å². The first-order valence-electron chi connectivity index (χ1n) is 5.48. The standard InChI is InChI=1S/C10H12ClN3O4S/c1-18-8-3-12-10(13-4-8)14-5-7(2-9(14)15)6-19(11,16)17/h3-4,7H,2,5-6H2,1H3. The first-order chi connectivity index (χ1) is 8.89. The predicted molar refractivity (Wildman–Crippen MR) is 68.7 cm³/mol. The van der Waals surface area contributed by atoms with Gasteiger partial charge in [-0.25, -0.2) is 18.4 Å². The number of carbonyl (C=O) groups is 1. The summed E-state index contributed by atoms with van der Waals surface area (Å²) in [6.45, 7) is 0.247. The summed E-state index contributed by atoms with van der Waals surface area (Å²) in [6.07, 6.45) is 3.02. The highest BCUT2D eigenvalue weighted by Crippen LogP contribution is 2.24. The number of anilines is 1. The topological polar surface area (TPSA) is 89.5 Å². The Morgan fingerprint density at radius 1 is 1.47 bits per heavy atom. The molecular weight excluding hydrogens is 294 g/mol. The molecule has 9 heteroatoms. The Bertz CT molecular complexity index is 575. The van der Waals surface area contributed by atoms with Crippen molar-refractivity contribution in [3.05, 3.63) is 12.4 Å². The van der Waals surface area contributed by atoms with Crippen molar-refractivity contribution in [2.75, 3.05) is 24.3 Å². The smallest absolute Gasteiger partial charge is 0.232 e. The SMILES string of the molecule is COc1cnc(N2CC(CS(=O)(=O)Cl)CC2=O)nc1. The van der Waals surface area contributed by atoms with Gasteiger partial charge in [0.25, 0.3) is 0 Å². The average Bonchev–Trinajstić information content (AvgIpc) is 2.68. The van der Waals surface area contributed by atoms with Crippen LogP contribution in [-0.4, -0.2) is 43.7 Å². The van der Waals surface area contributed by atoms with Crippen molar-refractivity contribution in [1.29, 1.82) is 0 Å². The van der Waals surface area contributed by atoms with Gasteiger partial charge in [-0.2, -0.15) is 0 Å². The zero-order valence-corrected chi connectivity index (χ0v) is 11.7. The van der Waals surface area contributed by atoms with Crippen molar-refractivity contribution in [2.24, 2.45) is 5.92 Å². The molecule has 1 unspecified atom stereocenters. The molecule has 1 aliphatic heterocycles. The molecule has 1 aromatic rings. The summed E-state index contributed by atoms with van der Waals surface area (Å²) in [5.74, 6) is -0.0563. The molecule has 0 saturated carbocycles. The Hall–Kier alpha value is -1.41. The van der Waals surface area contributed by atoms with Crippen LogP contribution >= 0.6 is 10.7 Å². The lowest BCUT2D eigenvalue weighted by Gasteiger charge is -2.13. The third-order valence-corrected chi connectivity index (χ3v) is 3.98. The van der Waals surface area contributed by atoms with Gasteiger partial charge < -0.3 is 4.74 Å². The molecule has 0 bridgehead atoms. The van der Waals surface area contributed by atoms with Crippen molar-refractivity contribution in [3.8, 4) is 5.75 Å². The van der Waals surface area contributed by atoms with Crippen LogP contribution in [0, 0.1) is 5.92 Å². The highest BCUT2D eigenvalue weighted by atomic mass is 35.7. The molecule has 0 aliphatic carbocycles. The minimum absolute atomic E-state index is 0.126. The Morgan fingerprint density at radius 2 is 2.11 bits per heavy atom. The molecule has 0 aromatic carbocycles. The molecule has 19 heavy (non-hydrogen) atoms. The third kappa shape index (κ3) is 3.54. The van der Waals surface area contributed by atoms with Gasteiger partial charge >= 0.3 is 0 Å². The summed E-state index contributed by atoms with van der Waals surface area (Å²) in [6, 6.07) is 0. The Labute approximate surface area is 115 Å². The number of halogens is 1. The normalized spacial score (nSPS) is 19.8. The first-order valence-corrected chi connectivity index (χ1v) is 7.95. The van der Waals surface area contributed by atoms with Crippen LogP contribution in [0.5, 0.6) is 5.75 Å². The molecular formula is C10H12ClN3O4S. The molecule has 7 nitrogen and oxygen atoms in total. The van der Waals surface area contributed by atoms with Gasteiger partial charge in [0.05, 0.1) is 25.3 Å². The number of hydrogen-bond donors (Lipinski definition) is 0. The summed E-state index contributed by atoms with van der Waals surface area (Å²) in [4.78, 5) is 21.2. The number of amides is 1. The lowest BCUT2D eigenvalue weighted by Crippen LogP contribution is -2.27. The minimum atomic E-state index is -3.61. The number of aromatic nitrogens is 2. The number of hydrogen-bond acceptors (Lipinski definition) is 6. The summed E-state index contributed by atoms with van der Waals surface area (Å²) in [5.41, 5.74) is 0. The van der Waals surface area contributed by atoms with Gasteiger partial charge in [0.15, 0.2) is 5.75 Å². The number of rotatable bonds is 4. The highest BCUT2D eigenvalue weighted by molar-refractivity contribution is 8.13. The van der Waals surface area contributed by atoms with Crippen molar-refractivity contribution in [2.45, 2.75) is 6.42 Å². The minimum Gasteiger partial charge on any atom is -0.494 e. The van der Waals surface area contributed by atoms with Gasteiger partial charge in [0.1, 0.15) is 0 Å². The predicted octanol–water partition coefficient (Wildman–Crippen LogP) is 0.407. The summed E-state index contributed by atoms with van der Waals surface area (Å²) >= 11 is 0. The molecule has 104 valence electrons. The number of carbonyl (C=O) groups excluding carboxylic acids is 1. The van der Waals surface area contributed by atoms with Crippen molar-refractivity contribution < 1.29 is 17.9 Å². The molecule has 2 rings (SSSR count). The van der Waals surface area contributed by atoms with Gasteiger partial charge in [-0.1, -0.05) is 0 Å². The number of ether oxygens (including phenoxy) is 1. The van der Waals surface area contributed by atoms with Crippen LogP contribution < -0.4 is 9.64 Å². The van der Waals surface area contributed by atoms with Gasteiger partial charge in [-0.05, 0) is 0 Å². The van der Waals surface area contributed by atoms with E-state index < -0.39 is 9.05 Å². The molecule has 1 amide bonds. The van der Waals surface area contributed by atoms with E-state index in [1.807, 2.05) is 0 Å². The fourth-order valence-electron chi connectivity index (χ4n) is 1.92. The second-order valence-electron chi connectivity index (χ2n) is 4.20. The quantitative estimate of drug-likeness (QED) is 0.748. The largest absolute Gasteiger partial charge is 0.494 e. The van der Waals surface area contributed by atoms with Gasteiger partial charge in [0.2, 0.25) is 20.9 Å². The fourth-order valence-corrected chi connectivity index (χ4v) is 3.24. The van der Waals surface area contributed by atoms with Gasteiger partial charge in [-0.3, -0.25) is 9.69 Å². The molecule has 1 saturated heterocycles. The van der Waals surface area contributed by atoms with E-state index in [4.69, 9.17) is 15.4 Å². The number of nitrogens with zero attached hydrogens (tertiary/aromatic N) is 3. The van der Waals surface area contributed by atoms with Crippen LogP contribution in [0.4, 0.5) is 5.95 Å². The molecule has 0 radical (unpaired) electrons. The van der Waals surface area contributed by atoms with Gasteiger partial charge in [-0.15, -0.1) is 0 Å². The summed E-state index contributed by atoms with van der Waals surface area (Å²) < 4.78 is 26.9. The summed E-state index contributed by atoms with van der Waals surface area (Å²) in [7, 11) is 3.06. The van der Waals surface area contributed by atoms with Crippen LogP contribution in [0.1, 0.15) is 6.42 Å². The van der Waals surface area contributed by atoms with Crippen LogP contribution in [0.2, 0.25) is 0 Å². The molecule has 0 spiro atoms. The van der Waals surface area contributed by atoms with E-state index in [2.05, 4.69) is 9.97 Å². The fraction of sp³-hybridized carbons (Fsp3) is 0.500. The third-order valence-electron chi connectivity index (χ3n) is 2.73. The van der Waals surface area contributed by atoms with Crippen molar-refractivity contribution in [3.63, 3.8) is 0 Å². The molecule has 0 N–H and O–H groups in total. The van der Waals surface area contributed by atoms with Crippen LogP contribution in [0.15, 0.2) is 12.4 Å². The zero-order valence-electron chi connectivity index (χ0n) is 10.1. The van der Waals surface area contributed by atoms with Gasteiger partial charge in [0, 0.05) is 29.6 Å². The molecule has 1 aliphatic rings. The van der Waals surface area contributed by atoms with Crippen LogP contribution in [0.3, 0.4) is 0 Å². The maximum atomic E-state index is 11.8. The zero-order chi connectivity index (χ0) is 14.0. The first kappa shape index (κ1) is 14.0. The van der Waals surface area contributed by atoms with Crippen molar-refractivity contribution >= 4 is 31.6 Å². The molecule has 2 heterocycles. The van der Waals surface area contributed by atoms with E-state index in [0.29, 0.717) is 5.75 Å². The van der Waals surface area contributed by atoms with E-state index in [0.717, 1.165) is 0 Å². The van der Waals surface area contributed by atoms with E-state index in [9.17, 15) is 13.2 Å². The monoisotopic (exact) mass is 305 g/mol. The second kappa shape index (κ2) is 5.30. The van der Waals surface area contributed by atoms with Crippen molar-refractivity contribution in [1.82, 2.24) is 9.97 Å². The Kier molecular flexibility index (Phi) is 3.91. The summed E-state index contributed by atoms with van der Waals surface area (Å²) in [5, 5.41) is 0. The lowest BCUT2D eigenvalue weighted by atomic mass is 10.1. The maximum Gasteiger partial charge on any atom is 0.232 e. The Morgan fingerprint density at radius 3 is 2.63 bits per heavy atom. The second-order valence-corrected chi connectivity index (χ2v) is 7.02. The van der Waals surface area contributed by atoms with E-state index >= 15 is 0 Å².